The van der Waals surface area contributed by atoms with Crippen molar-refractivity contribution in [2.75, 3.05) is 16.4 Å². The first kappa shape index (κ1) is 23.5. The van der Waals surface area contributed by atoms with Gasteiger partial charge in [-0.05, 0) is 79.9 Å². The Kier molecular flexibility index (Phi) is 6.96. The zero-order valence-corrected chi connectivity index (χ0v) is 20.7. The number of anilines is 2. The number of rotatable bonds is 5. The number of imide groups is 2. The standard InChI is InChI=1S/C26H16Br2N2O4/c1-2-13-34-23-21(27)15-17(16-22(23)28)14-20-24(31)29(18-9-5-3-6-10-18)26(33)30(25(20)32)19-11-7-4-8-12-19/h1,3-12,14-16H,13H2. The van der Waals surface area contributed by atoms with Crippen molar-refractivity contribution in [2.45, 2.75) is 0 Å². The van der Waals surface area contributed by atoms with E-state index in [1.54, 1.807) is 72.8 Å². The maximum atomic E-state index is 13.4. The molecule has 0 bridgehead atoms. The van der Waals surface area contributed by atoms with Crippen LogP contribution in [-0.2, 0) is 9.59 Å². The van der Waals surface area contributed by atoms with E-state index in [4.69, 9.17) is 11.2 Å². The fourth-order valence-electron chi connectivity index (χ4n) is 3.42. The SMILES string of the molecule is C#CCOc1c(Br)cc(C=C2C(=O)N(c3ccccc3)C(=O)N(c3ccccc3)C2=O)cc1Br. The summed E-state index contributed by atoms with van der Waals surface area (Å²) in [5.41, 5.74) is 1.09. The lowest BCUT2D eigenvalue weighted by atomic mass is 10.0. The Morgan fingerprint density at radius 2 is 1.29 bits per heavy atom. The average molecular weight is 580 g/mol. The number of amides is 4. The Morgan fingerprint density at radius 1 is 0.824 bits per heavy atom. The number of hydrogen-bond donors (Lipinski definition) is 0. The summed E-state index contributed by atoms with van der Waals surface area (Å²) in [6.07, 6.45) is 6.71. The number of nitrogens with zero attached hydrogens (tertiary/aromatic N) is 2. The van der Waals surface area contributed by atoms with Gasteiger partial charge in [-0.25, -0.2) is 14.6 Å². The number of carbonyl (C=O) groups excluding carboxylic acids is 3. The van der Waals surface area contributed by atoms with E-state index >= 15 is 0 Å². The number of halogens is 2. The zero-order chi connectivity index (χ0) is 24.2. The fourth-order valence-corrected chi connectivity index (χ4v) is 4.87. The molecular weight excluding hydrogens is 564 g/mol. The third-order valence-electron chi connectivity index (χ3n) is 4.91. The molecular formula is C26H16Br2N2O4. The number of terminal acetylenes is 1. The van der Waals surface area contributed by atoms with E-state index in [2.05, 4.69) is 37.8 Å². The molecule has 34 heavy (non-hydrogen) atoms. The number of ether oxygens (including phenoxy) is 1. The molecule has 0 radical (unpaired) electrons. The molecule has 4 rings (SSSR count). The van der Waals surface area contributed by atoms with Crippen LogP contribution in [0.3, 0.4) is 0 Å². The maximum absolute atomic E-state index is 13.4. The van der Waals surface area contributed by atoms with E-state index in [0.717, 1.165) is 9.80 Å². The molecule has 8 heteroatoms. The molecule has 3 aromatic carbocycles. The summed E-state index contributed by atoms with van der Waals surface area (Å²) in [5.74, 6) is 1.46. The van der Waals surface area contributed by atoms with Gasteiger partial charge in [-0.15, -0.1) is 6.42 Å². The van der Waals surface area contributed by atoms with Gasteiger partial charge in [0.15, 0.2) is 0 Å². The van der Waals surface area contributed by atoms with Crippen molar-refractivity contribution in [1.82, 2.24) is 0 Å². The van der Waals surface area contributed by atoms with Crippen LogP contribution in [-0.4, -0.2) is 24.5 Å². The minimum absolute atomic E-state index is 0.0782. The highest BCUT2D eigenvalue weighted by molar-refractivity contribution is 9.11. The third kappa shape index (κ3) is 4.53. The van der Waals surface area contributed by atoms with Gasteiger partial charge in [0, 0.05) is 0 Å². The van der Waals surface area contributed by atoms with Crippen molar-refractivity contribution in [3.05, 3.63) is 92.9 Å². The van der Waals surface area contributed by atoms with Gasteiger partial charge in [0.25, 0.3) is 11.8 Å². The molecule has 0 aromatic heterocycles. The summed E-state index contributed by atoms with van der Waals surface area (Å²) in [7, 11) is 0. The third-order valence-corrected chi connectivity index (χ3v) is 6.09. The fraction of sp³-hybridized carbons (Fsp3) is 0.0385. The molecule has 0 spiro atoms. The molecule has 1 aliphatic heterocycles. The van der Waals surface area contributed by atoms with E-state index in [1.807, 2.05) is 0 Å². The van der Waals surface area contributed by atoms with Gasteiger partial charge >= 0.3 is 6.03 Å². The van der Waals surface area contributed by atoms with Crippen molar-refractivity contribution < 1.29 is 19.1 Å². The number of barbiturate groups is 1. The van der Waals surface area contributed by atoms with E-state index in [0.29, 0.717) is 31.6 Å². The molecule has 1 aliphatic rings. The monoisotopic (exact) mass is 578 g/mol. The van der Waals surface area contributed by atoms with Crippen LogP contribution >= 0.6 is 31.9 Å². The first-order valence-electron chi connectivity index (χ1n) is 10.0. The van der Waals surface area contributed by atoms with Crippen LogP contribution in [0.1, 0.15) is 5.56 Å². The highest BCUT2D eigenvalue weighted by atomic mass is 79.9. The van der Waals surface area contributed by atoms with E-state index in [-0.39, 0.29) is 12.2 Å². The van der Waals surface area contributed by atoms with E-state index < -0.39 is 17.8 Å². The smallest absolute Gasteiger partial charge is 0.343 e. The summed E-state index contributed by atoms with van der Waals surface area (Å²) < 4.78 is 6.68. The molecule has 6 nitrogen and oxygen atoms in total. The van der Waals surface area contributed by atoms with E-state index in [1.165, 1.54) is 6.08 Å². The van der Waals surface area contributed by atoms with E-state index in [9.17, 15) is 14.4 Å². The minimum Gasteiger partial charge on any atom is -0.479 e. The number of urea groups is 1. The van der Waals surface area contributed by atoms with Crippen LogP contribution in [0.25, 0.3) is 6.08 Å². The van der Waals surface area contributed by atoms with Gasteiger partial charge in [0.05, 0.1) is 20.3 Å². The van der Waals surface area contributed by atoms with Gasteiger partial charge < -0.3 is 4.74 Å². The number of para-hydroxylation sites is 2. The van der Waals surface area contributed by atoms with Gasteiger partial charge in [0.1, 0.15) is 17.9 Å². The van der Waals surface area contributed by atoms with Crippen molar-refractivity contribution in [1.29, 1.82) is 0 Å². The first-order valence-corrected chi connectivity index (χ1v) is 11.6. The molecule has 1 saturated heterocycles. The predicted molar refractivity (Wildman–Crippen MR) is 137 cm³/mol. The van der Waals surface area contributed by atoms with Gasteiger partial charge in [0.2, 0.25) is 0 Å². The highest BCUT2D eigenvalue weighted by Gasteiger charge is 2.43. The van der Waals surface area contributed by atoms with Crippen molar-refractivity contribution in [3.63, 3.8) is 0 Å². The molecule has 3 aromatic rings. The molecule has 0 unspecified atom stereocenters. The summed E-state index contributed by atoms with van der Waals surface area (Å²) in [6, 6.07) is 19.6. The lowest BCUT2D eigenvalue weighted by Gasteiger charge is -2.33. The van der Waals surface area contributed by atoms with Crippen LogP contribution in [0.4, 0.5) is 16.2 Å². The molecule has 0 aliphatic carbocycles. The molecule has 4 amide bonds. The van der Waals surface area contributed by atoms with Gasteiger partial charge in [-0.3, -0.25) is 9.59 Å². The molecule has 1 heterocycles. The molecule has 168 valence electrons. The Bertz CT molecular complexity index is 1260. The van der Waals surface area contributed by atoms with Crippen LogP contribution in [0.2, 0.25) is 0 Å². The van der Waals surface area contributed by atoms with Crippen molar-refractivity contribution in [3.8, 4) is 18.1 Å². The second-order valence-corrected chi connectivity index (χ2v) is 8.81. The summed E-state index contributed by atoms with van der Waals surface area (Å²) in [5, 5.41) is 0. The quantitative estimate of drug-likeness (QED) is 0.217. The lowest BCUT2D eigenvalue weighted by Crippen LogP contribution is -2.57. The van der Waals surface area contributed by atoms with Crippen LogP contribution in [0, 0.1) is 12.3 Å². The number of benzene rings is 3. The predicted octanol–water partition coefficient (Wildman–Crippen LogP) is 5.81. The largest absolute Gasteiger partial charge is 0.479 e. The minimum atomic E-state index is -0.745. The second-order valence-electron chi connectivity index (χ2n) is 7.10. The normalized spacial score (nSPS) is 13.7. The number of carbonyl (C=O) groups is 3. The molecule has 0 saturated carbocycles. The number of hydrogen-bond acceptors (Lipinski definition) is 4. The maximum Gasteiger partial charge on any atom is 0.343 e. The Labute approximate surface area is 213 Å². The Balaban J connectivity index is 1.83. The average Bonchev–Trinajstić information content (AvgIpc) is 2.83. The highest BCUT2D eigenvalue weighted by Crippen LogP contribution is 2.36. The molecule has 1 fully saturated rings. The van der Waals surface area contributed by atoms with Crippen molar-refractivity contribution >= 4 is 67.2 Å². The second kappa shape index (κ2) is 10.1. The van der Waals surface area contributed by atoms with Gasteiger partial charge in [-0.1, -0.05) is 42.3 Å². The van der Waals surface area contributed by atoms with Crippen molar-refractivity contribution in [2.24, 2.45) is 0 Å². The zero-order valence-electron chi connectivity index (χ0n) is 17.6. The topological polar surface area (TPSA) is 66.9 Å². The Morgan fingerprint density at radius 3 is 1.74 bits per heavy atom. The molecule has 0 N–H and O–H groups in total. The molecule has 0 atom stereocenters. The summed E-state index contributed by atoms with van der Waals surface area (Å²) in [6.45, 7) is 0.0782. The summed E-state index contributed by atoms with van der Waals surface area (Å²) >= 11 is 6.86. The Hall–Kier alpha value is -3.67. The first-order chi connectivity index (χ1) is 16.4. The van der Waals surface area contributed by atoms with Crippen LogP contribution in [0.5, 0.6) is 5.75 Å². The van der Waals surface area contributed by atoms with Crippen LogP contribution in [0.15, 0.2) is 87.3 Å². The van der Waals surface area contributed by atoms with Gasteiger partial charge in [-0.2, -0.15) is 0 Å². The summed E-state index contributed by atoms with van der Waals surface area (Å²) in [4.78, 5) is 42.2. The van der Waals surface area contributed by atoms with Crippen LogP contribution < -0.4 is 14.5 Å². The lowest BCUT2D eigenvalue weighted by molar-refractivity contribution is -0.121.